The summed E-state index contributed by atoms with van der Waals surface area (Å²) in [5.74, 6) is 1.07. The second kappa shape index (κ2) is 2.86. The molecule has 2 heteroatoms. The monoisotopic (exact) mass is 168 g/mol. The van der Waals surface area contributed by atoms with Crippen molar-refractivity contribution in [2.75, 3.05) is 5.75 Å². The molecule has 11 heavy (non-hydrogen) atoms. The number of aryl methyl sites for hydroxylation is 1. The summed E-state index contributed by atoms with van der Waals surface area (Å²) in [6.45, 7) is 0. The summed E-state index contributed by atoms with van der Waals surface area (Å²) in [6, 6.07) is 5.08. The predicted octanol–water partition coefficient (Wildman–Crippen LogP) is 2.86. The van der Waals surface area contributed by atoms with E-state index in [1.54, 1.807) is 6.07 Å². The summed E-state index contributed by atoms with van der Waals surface area (Å²) in [5, 5.41) is 0. The van der Waals surface area contributed by atoms with Gasteiger partial charge in [-0.3, -0.25) is 0 Å². The molecule has 58 valence electrons. The molecular formula is C9H9FS. The van der Waals surface area contributed by atoms with Gasteiger partial charge in [-0.2, -0.15) is 0 Å². The van der Waals surface area contributed by atoms with Gasteiger partial charge in [0.15, 0.2) is 0 Å². The van der Waals surface area contributed by atoms with E-state index >= 15 is 0 Å². The Morgan fingerprint density at radius 2 is 2.27 bits per heavy atom. The molecule has 2 rings (SSSR count). The Morgan fingerprint density at radius 3 is 3.18 bits per heavy atom. The van der Waals surface area contributed by atoms with Gasteiger partial charge in [0.1, 0.15) is 5.82 Å². The summed E-state index contributed by atoms with van der Waals surface area (Å²) in [7, 11) is 0. The van der Waals surface area contributed by atoms with E-state index in [-0.39, 0.29) is 5.82 Å². The summed E-state index contributed by atoms with van der Waals surface area (Å²) < 4.78 is 12.7. The lowest BCUT2D eigenvalue weighted by Gasteiger charge is -2.13. The van der Waals surface area contributed by atoms with E-state index in [0.717, 1.165) is 6.42 Å². The standard InChI is InChI=1S/C9H9FS/c10-8-3-4-9-7(6-8)2-1-5-11-9/h3-4,6H,1-2,5H2. The van der Waals surface area contributed by atoms with Gasteiger partial charge in [0.2, 0.25) is 0 Å². The Morgan fingerprint density at radius 1 is 1.36 bits per heavy atom. The molecule has 1 heterocycles. The van der Waals surface area contributed by atoms with Crippen LogP contribution in [0.2, 0.25) is 0 Å². The molecule has 1 aromatic rings. The van der Waals surface area contributed by atoms with Crippen molar-refractivity contribution in [2.24, 2.45) is 0 Å². The Bertz CT molecular complexity index is 270. The second-order valence-corrected chi connectivity index (χ2v) is 3.84. The number of hydrogen-bond acceptors (Lipinski definition) is 1. The minimum atomic E-state index is -0.105. The summed E-state index contributed by atoms with van der Waals surface area (Å²) in [5.41, 5.74) is 1.18. The van der Waals surface area contributed by atoms with Crippen LogP contribution in [0.5, 0.6) is 0 Å². The molecule has 0 radical (unpaired) electrons. The van der Waals surface area contributed by atoms with Crippen LogP contribution in [0, 0.1) is 5.82 Å². The van der Waals surface area contributed by atoms with Crippen LogP contribution in [0.3, 0.4) is 0 Å². The molecule has 0 nitrogen and oxygen atoms in total. The van der Waals surface area contributed by atoms with Gasteiger partial charge >= 0.3 is 0 Å². The average Bonchev–Trinajstić information content (AvgIpc) is 2.04. The highest BCUT2D eigenvalue weighted by Crippen LogP contribution is 2.29. The van der Waals surface area contributed by atoms with Crippen molar-refractivity contribution in [3.63, 3.8) is 0 Å². The molecule has 0 N–H and O–H groups in total. The van der Waals surface area contributed by atoms with Gasteiger partial charge in [-0.25, -0.2) is 4.39 Å². The minimum absolute atomic E-state index is 0.105. The van der Waals surface area contributed by atoms with E-state index in [0.29, 0.717) is 0 Å². The van der Waals surface area contributed by atoms with Gasteiger partial charge in [0, 0.05) is 4.90 Å². The van der Waals surface area contributed by atoms with Crippen LogP contribution in [0.1, 0.15) is 12.0 Å². The Balaban J connectivity index is 2.43. The van der Waals surface area contributed by atoms with Gasteiger partial charge in [0.05, 0.1) is 0 Å². The van der Waals surface area contributed by atoms with Crippen LogP contribution < -0.4 is 0 Å². The lowest BCUT2D eigenvalue weighted by molar-refractivity contribution is 0.622. The van der Waals surface area contributed by atoms with E-state index < -0.39 is 0 Å². The number of hydrogen-bond donors (Lipinski definition) is 0. The average molecular weight is 168 g/mol. The maximum Gasteiger partial charge on any atom is 0.123 e. The van der Waals surface area contributed by atoms with E-state index in [4.69, 9.17) is 0 Å². The second-order valence-electron chi connectivity index (χ2n) is 2.70. The molecule has 0 fully saturated rings. The highest BCUT2D eigenvalue weighted by atomic mass is 32.2. The maximum absolute atomic E-state index is 12.7. The molecule has 1 aliphatic heterocycles. The lowest BCUT2D eigenvalue weighted by Crippen LogP contribution is -1.98. The number of benzene rings is 1. The molecule has 1 aromatic carbocycles. The molecule has 0 saturated heterocycles. The first-order valence-electron chi connectivity index (χ1n) is 3.77. The van der Waals surface area contributed by atoms with Gasteiger partial charge in [-0.15, -0.1) is 11.8 Å². The third-order valence-electron chi connectivity index (χ3n) is 1.87. The first-order valence-corrected chi connectivity index (χ1v) is 4.76. The maximum atomic E-state index is 12.7. The van der Waals surface area contributed by atoms with Crippen molar-refractivity contribution in [1.29, 1.82) is 0 Å². The largest absolute Gasteiger partial charge is 0.207 e. The summed E-state index contributed by atoms with van der Waals surface area (Å²) in [6.07, 6.45) is 2.22. The van der Waals surface area contributed by atoms with Crippen molar-refractivity contribution in [3.8, 4) is 0 Å². The van der Waals surface area contributed by atoms with Gasteiger partial charge in [0.25, 0.3) is 0 Å². The predicted molar refractivity (Wildman–Crippen MR) is 45.4 cm³/mol. The summed E-state index contributed by atoms with van der Waals surface area (Å²) in [4.78, 5) is 1.26. The zero-order chi connectivity index (χ0) is 7.68. The first kappa shape index (κ1) is 7.17. The fourth-order valence-electron chi connectivity index (χ4n) is 1.33. The molecule has 0 aromatic heterocycles. The Hall–Kier alpha value is -0.500. The molecule has 0 aliphatic carbocycles. The number of thioether (sulfide) groups is 1. The van der Waals surface area contributed by atoms with E-state index in [1.165, 1.54) is 28.7 Å². The third-order valence-corrected chi connectivity index (χ3v) is 3.07. The van der Waals surface area contributed by atoms with Crippen LogP contribution in [0.15, 0.2) is 23.1 Å². The number of fused-ring (bicyclic) bond motifs is 1. The molecular weight excluding hydrogens is 159 g/mol. The topological polar surface area (TPSA) is 0 Å². The molecule has 0 atom stereocenters. The smallest absolute Gasteiger partial charge is 0.123 e. The fraction of sp³-hybridized carbons (Fsp3) is 0.333. The third kappa shape index (κ3) is 1.41. The zero-order valence-corrected chi connectivity index (χ0v) is 6.96. The van der Waals surface area contributed by atoms with Crippen molar-refractivity contribution in [3.05, 3.63) is 29.6 Å². The molecule has 0 spiro atoms. The number of rotatable bonds is 0. The zero-order valence-electron chi connectivity index (χ0n) is 6.14. The van der Waals surface area contributed by atoms with Crippen LogP contribution in [-0.4, -0.2) is 5.75 Å². The van der Waals surface area contributed by atoms with E-state index in [2.05, 4.69) is 0 Å². The van der Waals surface area contributed by atoms with E-state index in [9.17, 15) is 4.39 Å². The van der Waals surface area contributed by atoms with Crippen LogP contribution in [0.25, 0.3) is 0 Å². The van der Waals surface area contributed by atoms with Gasteiger partial charge in [-0.05, 0) is 42.4 Å². The van der Waals surface area contributed by atoms with E-state index in [1.807, 2.05) is 17.8 Å². The minimum Gasteiger partial charge on any atom is -0.207 e. The molecule has 0 saturated carbocycles. The first-order chi connectivity index (χ1) is 5.36. The summed E-state index contributed by atoms with van der Waals surface area (Å²) >= 11 is 1.83. The Kier molecular flexibility index (Phi) is 1.86. The van der Waals surface area contributed by atoms with Crippen molar-refractivity contribution >= 4 is 11.8 Å². The van der Waals surface area contributed by atoms with Crippen LogP contribution in [0.4, 0.5) is 4.39 Å². The van der Waals surface area contributed by atoms with Crippen molar-refractivity contribution in [2.45, 2.75) is 17.7 Å². The van der Waals surface area contributed by atoms with Crippen LogP contribution >= 0.6 is 11.8 Å². The molecule has 0 bridgehead atoms. The number of halogens is 1. The van der Waals surface area contributed by atoms with Gasteiger partial charge in [-0.1, -0.05) is 0 Å². The normalized spacial score (nSPS) is 16.1. The van der Waals surface area contributed by atoms with Crippen molar-refractivity contribution < 1.29 is 4.39 Å². The fourth-order valence-corrected chi connectivity index (χ4v) is 2.35. The quantitative estimate of drug-likeness (QED) is 0.574. The highest BCUT2D eigenvalue weighted by molar-refractivity contribution is 7.99. The SMILES string of the molecule is Fc1ccc2c(c1)CCCS2. The molecule has 0 amide bonds. The Labute approximate surface area is 69.8 Å². The van der Waals surface area contributed by atoms with Gasteiger partial charge < -0.3 is 0 Å². The highest BCUT2D eigenvalue weighted by Gasteiger charge is 2.09. The van der Waals surface area contributed by atoms with Crippen molar-refractivity contribution in [1.82, 2.24) is 0 Å². The van der Waals surface area contributed by atoms with Crippen LogP contribution in [-0.2, 0) is 6.42 Å². The lowest BCUT2D eigenvalue weighted by atomic mass is 10.1. The molecule has 1 aliphatic rings. The molecule has 0 unspecified atom stereocenters.